The lowest BCUT2D eigenvalue weighted by Crippen LogP contribution is -2.38. The summed E-state index contributed by atoms with van der Waals surface area (Å²) in [5.41, 5.74) is 4.56. The number of carbonyl (C=O) groups is 1. The van der Waals surface area contributed by atoms with Crippen LogP contribution >= 0.6 is 0 Å². The summed E-state index contributed by atoms with van der Waals surface area (Å²) in [6.07, 6.45) is 1.49. The summed E-state index contributed by atoms with van der Waals surface area (Å²) in [5, 5.41) is 17.9. The molecule has 1 saturated heterocycles. The second-order valence-corrected chi connectivity index (χ2v) is 8.64. The largest absolute Gasteiger partial charge is 0.497 e. The van der Waals surface area contributed by atoms with Crippen molar-refractivity contribution in [1.82, 2.24) is 20.0 Å². The van der Waals surface area contributed by atoms with E-state index in [-0.39, 0.29) is 11.8 Å². The molecule has 8 nitrogen and oxygen atoms in total. The standard InChI is InChI=1S/C26H28N6O2/c1-17-23-18(2)32(21-7-5-4-6-8-21)30-24(23)25(29-28-17)31-15-13-19(14-16-31)26(33)27-20-9-11-22(34-3)12-10-20/h4-12,19H,13-16H2,1-3H3,(H,27,33). The number of benzene rings is 2. The van der Waals surface area contributed by atoms with Gasteiger partial charge < -0.3 is 15.0 Å². The topological polar surface area (TPSA) is 85.2 Å². The van der Waals surface area contributed by atoms with Crippen LogP contribution in [0, 0.1) is 19.8 Å². The van der Waals surface area contributed by atoms with Gasteiger partial charge >= 0.3 is 0 Å². The lowest BCUT2D eigenvalue weighted by Gasteiger charge is -2.32. The number of piperidine rings is 1. The Kier molecular flexibility index (Phi) is 5.88. The molecule has 0 unspecified atom stereocenters. The number of aromatic nitrogens is 4. The van der Waals surface area contributed by atoms with Gasteiger partial charge in [0.05, 0.1) is 29.6 Å². The van der Waals surface area contributed by atoms with E-state index in [0.717, 1.165) is 71.2 Å². The molecule has 0 spiro atoms. The summed E-state index contributed by atoms with van der Waals surface area (Å²) >= 11 is 0. The molecule has 1 N–H and O–H groups in total. The van der Waals surface area contributed by atoms with Crippen molar-refractivity contribution in [1.29, 1.82) is 0 Å². The van der Waals surface area contributed by atoms with Crippen LogP contribution < -0.4 is 15.0 Å². The lowest BCUT2D eigenvalue weighted by molar-refractivity contribution is -0.120. The molecular weight excluding hydrogens is 428 g/mol. The molecule has 0 saturated carbocycles. The van der Waals surface area contributed by atoms with E-state index in [1.54, 1.807) is 7.11 Å². The predicted octanol–water partition coefficient (Wildman–Crippen LogP) is 4.30. The fourth-order valence-corrected chi connectivity index (χ4v) is 4.62. The van der Waals surface area contributed by atoms with Gasteiger partial charge in [0.15, 0.2) is 5.82 Å². The third kappa shape index (κ3) is 4.07. The average molecular weight is 457 g/mol. The first-order valence-electron chi connectivity index (χ1n) is 11.5. The van der Waals surface area contributed by atoms with Gasteiger partial charge in [0, 0.05) is 24.7 Å². The number of carbonyl (C=O) groups excluding carboxylic acids is 1. The first-order chi connectivity index (χ1) is 16.5. The summed E-state index contributed by atoms with van der Waals surface area (Å²) in [4.78, 5) is 15.0. The van der Waals surface area contributed by atoms with Gasteiger partial charge in [-0.25, -0.2) is 4.68 Å². The fourth-order valence-electron chi connectivity index (χ4n) is 4.62. The number of fused-ring (bicyclic) bond motifs is 1. The van der Waals surface area contributed by atoms with Gasteiger partial charge in [-0.05, 0) is 63.1 Å². The van der Waals surface area contributed by atoms with E-state index in [1.807, 2.05) is 66.2 Å². The summed E-state index contributed by atoms with van der Waals surface area (Å²) in [5.74, 6) is 1.55. The molecule has 4 aromatic rings. The van der Waals surface area contributed by atoms with Crippen molar-refractivity contribution in [3.05, 3.63) is 66.0 Å². The Balaban J connectivity index is 1.33. The maximum Gasteiger partial charge on any atom is 0.227 e. The van der Waals surface area contributed by atoms with Gasteiger partial charge in [-0.3, -0.25) is 4.79 Å². The number of hydrogen-bond donors (Lipinski definition) is 1. The summed E-state index contributed by atoms with van der Waals surface area (Å²) < 4.78 is 7.14. The number of para-hydroxylation sites is 1. The van der Waals surface area contributed by atoms with Crippen molar-refractivity contribution < 1.29 is 9.53 Å². The van der Waals surface area contributed by atoms with Gasteiger partial charge in [-0.15, -0.1) is 5.10 Å². The lowest BCUT2D eigenvalue weighted by atomic mass is 9.95. The summed E-state index contributed by atoms with van der Waals surface area (Å²) in [7, 11) is 1.63. The Labute approximate surface area is 198 Å². The quantitative estimate of drug-likeness (QED) is 0.482. The predicted molar refractivity (Wildman–Crippen MR) is 133 cm³/mol. The minimum atomic E-state index is -0.0455. The number of hydrogen-bond acceptors (Lipinski definition) is 6. The van der Waals surface area contributed by atoms with Gasteiger partial charge in [-0.2, -0.15) is 10.2 Å². The highest BCUT2D eigenvalue weighted by Gasteiger charge is 2.28. The minimum absolute atomic E-state index is 0.0455. The zero-order chi connectivity index (χ0) is 23.7. The second kappa shape index (κ2) is 9.13. The van der Waals surface area contributed by atoms with Crippen LogP contribution in [-0.4, -0.2) is 46.1 Å². The van der Waals surface area contributed by atoms with E-state index in [9.17, 15) is 4.79 Å². The van der Waals surface area contributed by atoms with Crippen molar-refractivity contribution in [2.75, 3.05) is 30.4 Å². The molecule has 0 radical (unpaired) electrons. The minimum Gasteiger partial charge on any atom is -0.497 e. The van der Waals surface area contributed by atoms with Gasteiger partial charge in [0.2, 0.25) is 5.91 Å². The Morgan fingerprint density at radius 3 is 2.38 bits per heavy atom. The maximum atomic E-state index is 12.8. The highest BCUT2D eigenvalue weighted by molar-refractivity contribution is 5.94. The molecule has 174 valence electrons. The molecule has 8 heteroatoms. The molecule has 2 aromatic carbocycles. The third-order valence-electron chi connectivity index (χ3n) is 6.51. The molecule has 5 rings (SSSR count). The van der Waals surface area contributed by atoms with Crippen LogP contribution in [0.5, 0.6) is 5.75 Å². The molecule has 1 aliphatic heterocycles. The highest BCUT2D eigenvalue weighted by atomic mass is 16.5. The number of rotatable bonds is 5. The highest BCUT2D eigenvalue weighted by Crippen LogP contribution is 2.31. The van der Waals surface area contributed by atoms with Crippen molar-refractivity contribution in [2.45, 2.75) is 26.7 Å². The first-order valence-corrected chi connectivity index (χ1v) is 11.5. The Bertz CT molecular complexity index is 1310. The van der Waals surface area contributed by atoms with Crippen molar-refractivity contribution in [3.8, 4) is 11.4 Å². The third-order valence-corrected chi connectivity index (χ3v) is 6.51. The number of methoxy groups -OCH3 is 1. The second-order valence-electron chi connectivity index (χ2n) is 8.64. The normalized spacial score (nSPS) is 14.4. The fraction of sp³-hybridized carbons (Fsp3) is 0.308. The van der Waals surface area contributed by atoms with Crippen molar-refractivity contribution in [2.24, 2.45) is 5.92 Å². The molecule has 2 aromatic heterocycles. The number of amides is 1. The molecule has 3 heterocycles. The van der Waals surface area contributed by atoms with E-state index in [2.05, 4.69) is 27.3 Å². The van der Waals surface area contributed by atoms with E-state index in [4.69, 9.17) is 9.84 Å². The molecule has 0 atom stereocenters. The van der Waals surface area contributed by atoms with Crippen LogP contribution in [0.1, 0.15) is 24.2 Å². The Hall–Kier alpha value is -3.94. The monoisotopic (exact) mass is 456 g/mol. The SMILES string of the molecule is COc1ccc(NC(=O)C2CCN(c3nnc(C)c4c(C)n(-c5ccccc5)nc34)CC2)cc1. The zero-order valence-corrected chi connectivity index (χ0v) is 19.7. The Morgan fingerprint density at radius 1 is 1.00 bits per heavy atom. The number of anilines is 2. The molecule has 1 aliphatic rings. The first kappa shape index (κ1) is 21.9. The summed E-state index contributed by atoms with van der Waals surface area (Å²) in [6, 6.07) is 17.5. The van der Waals surface area contributed by atoms with Crippen LogP contribution in [-0.2, 0) is 4.79 Å². The van der Waals surface area contributed by atoms with Crippen LogP contribution in [0.3, 0.4) is 0 Å². The van der Waals surface area contributed by atoms with Crippen LogP contribution in [0.25, 0.3) is 16.6 Å². The van der Waals surface area contributed by atoms with Crippen LogP contribution in [0.4, 0.5) is 11.5 Å². The molecule has 0 aliphatic carbocycles. The van der Waals surface area contributed by atoms with Crippen molar-refractivity contribution >= 4 is 28.3 Å². The number of aryl methyl sites for hydroxylation is 2. The number of nitrogens with zero attached hydrogens (tertiary/aromatic N) is 5. The molecule has 34 heavy (non-hydrogen) atoms. The van der Waals surface area contributed by atoms with E-state index in [1.165, 1.54) is 0 Å². The van der Waals surface area contributed by atoms with Crippen LogP contribution in [0.2, 0.25) is 0 Å². The van der Waals surface area contributed by atoms with Crippen LogP contribution in [0.15, 0.2) is 54.6 Å². The number of ether oxygens (including phenoxy) is 1. The average Bonchev–Trinajstić information content (AvgIpc) is 3.23. The molecular formula is C26H28N6O2. The van der Waals surface area contributed by atoms with Gasteiger partial charge in [0.25, 0.3) is 0 Å². The molecule has 1 fully saturated rings. The maximum absolute atomic E-state index is 12.8. The van der Waals surface area contributed by atoms with E-state index >= 15 is 0 Å². The Morgan fingerprint density at radius 2 is 1.71 bits per heavy atom. The van der Waals surface area contributed by atoms with Gasteiger partial charge in [-0.1, -0.05) is 18.2 Å². The van der Waals surface area contributed by atoms with E-state index in [0.29, 0.717) is 0 Å². The zero-order valence-electron chi connectivity index (χ0n) is 19.7. The number of nitrogens with one attached hydrogen (secondary N) is 1. The van der Waals surface area contributed by atoms with E-state index < -0.39 is 0 Å². The molecule has 0 bridgehead atoms. The van der Waals surface area contributed by atoms with Gasteiger partial charge in [0.1, 0.15) is 11.3 Å². The summed E-state index contributed by atoms with van der Waals surface area (Å²) in [6.45, 7) is 5.49. The smallest absolute Gasteiger partial charge is 0.227 e. The molecule has 1 amide bonds. The van der Waals surface area contributed by atoms with Crippen molar-refractivity contribution in [3.63, 3.8) is 0 Å².